The lowest BCUT2D eigenvalue weighted by molar-refractivity contribution is 0.622. The molecule has 32 heavy (non-hydrogen) atoms. The van der Waals surface area contributed by atoms with Crippen LogP contribution in [0.3, 0.4) is 0 Å². The minimum atomic E-state index is -0.511. The second-order valence-corrected chi connectivity index (χ2v) is 8.33. The monoisotopic (exact) mass is 447 g/mol. The van der Waals surface area contributed by atoms with Gasteiger partial charge < -0.3 is 4.57 Å². The van der Waals surface area contributed by atoms with Crippen LogP contribution < -0.4 is 11.2 Å². The number of aromatic nitrogens is 3. The first-order chi connectivity index (χ1) is 15.3. The molecular formula is C25H19ClFN3O2. The van der Waals surface area contributed by atoms with Crippen LogP contribution in [0.15, 0.2) is 76.3 Å². The van der Waals surface area contributed by atoms with Crippen LogP contribution in [0.2, 0.25) is 5.02 Å². The highest BCUT2D eigenvalue weighted by Gasteiger charge is 2.21. The molecular weight excluding hydrogens is 429 g/mol. The van der Waals surface area contributed by atoms with Crippen molar-refractivity contribution in [2.75, 3.05) is 0 Å². The Balaban J connectivity index is 1.96. The van der Waals surface area contributed by atoms with Crippen molar-refractivity contribution < 1.29 is 4.39 Å². The van der Waals surface area contributed by atoms with Gasteiger partial charge >= 0.3 is 5.69 Å². The van der Waals surface area contributed by atoms with Crippen LogP contribution in [0.25, 0.3) is 27.6 Å². The molecule has 5 rings (SSSR count). The van der Waals surface area contributed by atoms with Gasteiger partial charge in [-0.25, -0.2) is 13.8 Å². The van der Waals surface area contributed by atoms with Gasteiger partial charge in [0.15, 0.2) is 0 Å². The fourth-order valence-electron chi connectivity index (χ4n) is 4.27. The third-order valence-electron chi connectivity index (χ3n) is 5.72. The molecule has 0 atom stereocenters. The largest absolute Gasteiger partial charge is 0.338 e. The molecule has 0 amide bonds. The van der Waals surface area contributed by atoms with Crippen molar-refractivity contribution in [1.82, 2.24) is 13.7 Å². The maximum Gasteiger partial charge on any atom is 0.336 e. The van der Waals surface area contributed by atoms with Crippen LogP contribution >= 0.6 is 11.6 Å². The lowest BCUT2D eigenvalue weighted by atomic mass is 10.1. The Labute approximate surface area is 187 Å². The minimum Gasteiger partial charge on any atom is -0.338 e. The summed E-state index contributed by atoms with van der Waals surface area (Å²) in [5.74, 6) is -0.385. The Hall–Kier alpha value is -3.64. The van der Waals surface area contributed by atoms with Crippen LogP contribution in [-0.2, 0) is 13.6 Å². The van der Waals surface area contributed by atoms with Gasteiger partial charge in [-0.05, 0) is 55.0 Å². The Kier molecular flexibility index (Phi) is 4.75. The summed E-state index contributed by atoms with van der Waals surface area (Å²) in [6, 6.07) is 18.6. The van der Waals surface area contributed by atoms with E-state index >= 15 is 0 Å². The summed E-state index contributed by atoms with van der Waals surface area (Å²) in [6.45, 7) is 2.07. The summed E-state index contributed by atoms with van der Waals surface area (Å²) >= 11 is 6.15. The van der Waals surface area contributed by atoms with Crippen molar-refractivity contribution in [3.05, 3.63) is 110 Å². The summed E-state index contributed by atoms with van der Waals surface area (Å²) in [5.41, 5.74) is 2.82. The number of hydrogen-bond acceptors (Lipinski definition) is 2. The summed E-state index contributed by atoms with van der Waals surface area (Å²) in [4.78, 5) is 27.3. The molecule has 5 aromatic rings. The van der Waals surface area contributed by atoms with E-state index in [2.05, 4.69) is 0 Å². The predicted molar refractivity (Wildman–Crippen MR) is 126 cm³/mol. The van der Waals surface area contributed by atoms with E-state index in [1.165, 1.54) is 16.7 Å². The van der Waals surface area contributed by atoms with Crippen molar-refractivity contribution >= 4 is 33.5 Å². The van der Waals surface area contributed by atoms with Crippen molar-refractivity contribution in [2.45, 2.75) is 13.5 Å². The summed E-state index contributed by atoms with van der Waals surface area (Å²) in [7, 11) is 1.81. The normalized spacial score (nSPS) is 11.5. The zero-order valence-corrected chi connectivity index (χ0v) is 18.2. The summed E-state index contributed by atoms with van der Waals surface area (Å²) in [5, 5.41) is 1.21. The highest BCUT2D eigenvalue weighted by atomic mass is 35.5. The molecule has 2 aromatic heterocycles. The molecule has 0 spiro atoms. The third kappa shape index (κ3) is 3.15. The molecule has 0 saturated heterocycles. The molecule has 3 aromatic carbocycles. The van der Waals surface area contributed by atoms with E-state index in [0.717, 1.165) is 21.0 Å². The van der Waals surface area contributed by atoms with Gasteiger partial charge in [0.05, 0.1) is 23.3 Å². The van der Waals surface area contributed by atoms with Gasteiger partial charge in [-0.1, -0.05) is 41.4 Å². The van der Waals surface area contributed by atoms with Crippen molar-refractivity contribution in [3.63, 3.8) is 0 Å². The van der Waals surface area contributed by atoms with E-state index < -0.39 is 11.2 Å². The topological polar surface area (TPSA) is 48.9 Å². The average molecular weight is 448 g/mol. The van der Waals surface area contributed by atoms with Crippen LogP contribution in [0, 0.1) is 12.7 Å². The lowest BCUT2D eigenvalue weighted by Gasteiger charge is -2.14. The smallest absolute Gasteiger partial charge is 0.336 e. The third-order valence-corrected chi connectivity index (χ3v) is 5.96. The highest BCUT2D eigenvalue weighted by Crippen LogP contribution is 2.27. The first-order valence-corrected chi connectivity index (χ1v) is 10.5. The molecule has 0 unspecified atom stereocenters. The highest BCUT2D eigenvalue weighted by molar-refractivity contribution is 6.30. The number of halogens is 2. The maximum absolute atomic E-state index is 13.9. The first-order valence-electron chi connectivity index (χ1n) is 10.1. The second kappa shape index (κ2) is 7.50. The fraction of sp³-hybridized carbons (Fsp3) is 0.120. The predicted octanol–water partition coefficient (Wildman–Crippen LogP) is 4.79. The molecule has 0 aliphatic rings. The maximum atomic E-state index is 13.9. The molecule has 0 saturated carbocycles. The molecule has 2 heterocycles. The van der Waals surface area contributed by atoms with E-state index in [0.29, 0.717) is 27.3 Å². The van der Waals surface area contributed by atoms with Gasteiger partial charge in [0.25, 0.3) is 5.56 Å². The lowest BCUT2D eigenvalue weighted by Crippen LogP contribution is -2.39. The van der Waals surface area contributed by atoms with Crippen LogP contribution in [-0.4, -0.2) is 13.7 Å². The van der Waals surface area contributed by atoms with E-state index in [1.807, 2.05) is 25.1 Å². The molecule has 0 aliphatic carbocycles. The van der Waals surface area contributed by atoms with Gasteiger partial charge in [0, 0.05) is 17.5 Å². The Morgan fingerprint density at radius 3 is 2.47 bits per heavy atom. The van der Waals surface area contributed by atoms with Gasteiger partial charge in [-0.3, -0.25) is 9.36 Å². The van der Waals surface area contributed by atoms with Gasteiger partial charge in [-0.2, -0.15) is 0 Å². The minimum absolute atomic E-state index is 0.112. The zero-order chi connectivity index (χ0) is 22.6. The SMILES string of the molecule is Cc1ccc2c(c1)c1c(c(=O)n(-c3cccc(Cl)c3)c(=O)n1Cc1cccc(F)c1)n2C. The van der Waals surface area contributed by atoms with Crippen LogP contribution in [0.1, 0.15) is 11.1 Å². The molecule has 7 heteroatoms. The number of hydrogen-bond donors (Lipinski definition) is 0. The first kappa shape index (κ1) is 20.3. The van der Waals surface area contributed by atoms with E-state index in [9.17, 15) is 14.0 Å². The van der Waals surface area contributed by atoms with Gasteiger partial charge in [0.1, 0.15) is 11.3 Å². The quantitative estimate of drug-likeness (QED) is 0.399. The summed E-state index contributed by atoms with van der Waals surface area (Å²) < 4.78 is 18.3. The van der Waals surface area contributed by atoms with Crippen LogP contribution in [0.4, 0.5) is 4.39 Å². The van der Waals surface area contributed by atoms with Crippen molar-refractivity contribution in [3.8, 4) is 5.69 Å². The second-order valence-electron chi connectivity index (χ2n) is 7.90. The Morgan fingerprint density at radius 2 is 1.72 bits per heavy atom. The Morgan fingerprint density at radius 1 is 0.938 bits per heavy atom. The number of aryl methyl sites for hydroxylation is 2. The van der Waals surface area contributed by atoms with E-state index in [1.54, 1.807) is 48.0 Å². The van der Waals surface area contributed by atoms with E-state index in [-0.39, 0.29) is 12.4 Å². The molecule has 0 radical (unpaired) electrons. The molecule has 160 valence electrons. The molecule has 5 nitrogen and oxygen atoms in total. The van der Waals surface area contributed by atoms with Crippen molar-refractivity contribution in [2.24, 2.45) is 7.05 Å². The Bertz CT molecular complexity index is 1650. The van der Waals surface area contributed by atoms with Crippen molar-refractivity contribution in [1.29, 1.82) is 0 Å². The molecule has 0 N–H and O–H groups in total. The number of benzene rings is 3. The van der Waals surface area contributed by atoms with E-state index in [4.69, 9.17) is 11.6 Å². The number of rotatable bonds is 3. The summed E-state index contributed by atoms with van der Waals surface area (Å²) in [6.07, 6.45) is 0. The number of fused-ring (bicyclic) bond motifs is 3. The zero-order valence-electron chi connectivity index (χ0n) is 17.5. The molecule has 0 bridgehead atoms. The molecule has 0 aliphatic heterocycles. The fourth-order valence-corrected chi connectivity index (χ4v) is 4.46. The van der Waals surface area contributed by atoms with Crippen LogP contribution in [0.5, 0.6) is 0 Å². The van der Waals surface area contributed by atoms with Gasteiger partial charge in [0.2, 0.25) is 0 Å². The number of nitrogens with zero attached hydrogens (tertiary/aromatic N) is 3. The molecule has 0 fully saturated rings. The standard InChI is InChI=1S/C25H19ClFN3O2/c1-15-9-10-21-20(11-15)22-23(28(21)2)24(31)30(19-8-4-6-17(26)13-19)25(32)29(22)14-16-5-3-7-18(27)12-16/h3-13H,14H2,1-2H3. The van der Waals surface area contributed by atoms with Gasteiger partial charge in [-0.15, -0.1) is 0 Å². The average Bonchev–Trinajstić information content (AvgIpc) is 3.03.